The third-order valence-electron chi connectivity index (χ3n) is 4.60. The number of hydrogen-bond donors (Lipinski definition) is 3. The van der Waals surface area contributed by atoms with Gasteiger partial charge >= 0.3 is 0 Å². The summed E-state index contributed by atoms with van der Waals surface area (Å²) >= 11 is 1.39. The summed E-state index contributed by atoms with van der Waals surface area (Å²) in [5.74, 6) is -0.511. The van der Waals surface area contributed by atoms with Crippen LogP contribution in [0.5, 0.6) is 0 Å². The van der Waals surface area contributed by atoms with Crippen LogP contribution in [0.1, 0.15) is 36.2 Å². The summed E-state index contributed by atoms with van der Waals surface area (Å²) in [6.07, 6.45) is 2.39. The molecule has 3 N–H and O–H groups in total. The quantitative estimate of drug-likeness (QED) is 0.402. The van der Waals surface area contributed by atoms with Crippen LogP contribution >= 0.6 is 11.8 Å². The van der Waals surface area contributed by atoms with Crippen molar-refractivity contribution in [2.75, 3.05) is 16.6 Å². The number of pyridine rings is 1. The van der Waals surface area contributed by atoms with E-state index in [2.05, 4.69) is 20.3 Å². The topological polar surface area (TPSA) is 117 Å². The third kappa shape index (κ3) is 6.82. The van der Waals surface area contributed by atoms with Crippen LogP contribution in [-0.2, 0) is 14.8 Å². The molecule has 0 atom stereocenters. The summed E-state index contributed by atoms with van der Waals surface area (Å²) in [6.45, 7) is 5.70. The summed E-state index contributed by atoms with van der Waals surface area (Å²) in [5, 5.41) is 6.07. The van der Waals surface area contributed by atoms with Crippen molar-refractivity contribution >= 4 is 45.0 Å². The minimum absolute atomic E-state index is 0.00610. The number of benzene rings is 2. The van der Waals surface area contributed by atoms with Crippen LogP contribution in [0.2, 0.25) is 0 Å². The molecule has 2 aromatic carbocycles. The Bertz CT molecular complexity index is 1280. The molecule has 0 spiro atoms. The maximum absolute atomic E-state index is 13.0. The van der Waals surface area contributed by atoms with Gasteiger partial charge in [-0.1, -0.05) is 24.8 Å². The zero-order valence-electron chi connectivity index (χ0n) is 19.1. The first-order chi connectivity index (χ1) is 16.2. The van der Waals surface area contributed by atoms with Crippen molar-refractivity contribution in [3.05, 3.63) is 71.9 Å². The van der Waals surface area contributed by atoms with Crippen molar-refractivity contribution in [3.63, 3.8) is 0 Å². The van der Waals surface area contributed by atoms with Gasteiger partial charge in [-0.25, -0.2) is 13.4 Å². The van der Waals surface area contributed by atoms with Gasteiger partial charge in [-0.3, -0.25) is 14.3 Å². The van der Waals surface area contributed by atoms with E-state index in [-0.39, 0.29) is 22.4 Å². The summed E-state index contributed by atoms with van der Waals surface area (Å²) < 4.78 is 28.5. The SMILES string of the molecule is CCCNC(=O)c1ccc(Sc2ccc(NS(=O)(=O)c3cc(C)ccc3NC(C)=O)cc2)nc1. The highest BCUT2D eigenvalue weighted by atomic mass is 32.2. The number of rotatable bonds is 9. The monoisotopic (exact) mass is 498 g/mol. The van der Waals surface area contributed by atoms with Gasteiger partial charge in [0.2, 0.25) is 5.91 Å². The maximum Gasteiger partial charge on any atom is 0.263 e. The lowest BCUT2D eigenvalue weighted by molar-refractivity contribution is -0.114. The average molecular weight is 499 g/mol. The highest BCUT2D eigenvalue weighted by Crippen LogP contribution is 2.29. The number of amides is 2. The predicted molar refractivity (Wildman–Crippen MR) is 134 cm³/mol. The van der Waals surface area contributed by atoms with E-state index >= 15 is 0 Å². The van der Waals surface area contributed by atoms with Gasteiger partial charge in [0.05, 0.1) is 11.3 Å². The number of sulfonamides is 1. The molecule has 0 aliphatic heterocycles. The molecule has 0 bridgehead atoms. The van der Waals surface area contributed by atoms with E-state index in [1.165, 1.54) is 30.9 Å². The van der Waals surface area contributed by atoms with E-state index in [0.29, 0.717) is 22.8 Å². The molecule has 3 aromatic rings. The Morgan fingerprint density at radius 1 is 1.03 bits per heavy atom. The Hall–Kier alpha value is -3.37. The van der Waals surface area contributed by atoms with Gasteiger partial charge in [-0.15, -0.1) is 0 Å². The number of hydrogen-bond acceptors (Lipinski definition) is 6. The van der Waals surface area contributed by atoms with Gasteiger partial charge < -0.3 is 10.6 Å². The zero-order valence-corrected chi connectivity index (χ0v) is 20.7. The second kappa shape index (κ2) is 11.2. The summed E-state index contributed by atoms with van der Waals surface area (Å²) in [6, 6.07) is 15.1. The minimum atomic E-state index is -3.93. The van der Waals surface area contributed by atoms with Gasteiger partial charge in [0.25, 0.3) is 15.9 Å². The first kappa shape index (κ1) is 25.3. The largest absolute Gasteiger partial charge is 0.352 e. The van der Waals surface area contributed by atoms with Gasteiger partial charge in [-0.05, 0) is 67.4 Å². The van der Waals surface area contributed by atoms with Gasteiger partial charge in [-0.2, -0.15) is 0 Å². The van der Waals surface area contributed by atoms with Crippen LogP contribution in [0.3, 0.4) is 0 Å². The van der Waals surface area contributed by atoms with Crippen LogP contribution in [0.15, 0.2) is 75.6 Å². The molecule has 3 rings (SSSR count). The lowest BCUT2D eigenvalue weighted by atomic mass is 10.2. The molecule has 0 saturated heterocycles. The smallest absolute Gasteiger partial charge is 0.263 e. The summed E-state index contributed by atoms with van der Waals surface area (Å²) in [5.41, 5.74) is 1.85. The van der Waals surface area contributed by atoms with E-state index < -0.39 is 10.0 Å². The van der Waals surface area contributed by atoms with E-state index in [4.69, 9.17) is 0 Å². The normalized spacial score (nSPS) is 11.0. The minimum Gasteiger partial charge on any atom is -0.352 e. The Morgan fingerprint density at radius 2 is 1.76 bits per heavy atom. The van der Waals surface area contributed by atoms with Crippen molar-refractivity contribution in [1.29, 1.82) is 0 Å². The fraction of sp³-hybridized carbons (Fsp3) is 0.208. The van der Waals surface area contributed by atoms with Crippen LogP contribution < -0.4 is 15.4 Å². The number of aryl methyl sites for hydroxylation is 1. The van der Waals surface area contributed by atoms with Crippen LogP contribution in [0.25, 0.3) is 0 Å². The molecule has 0 radical (unpaired) electrons. The van der Waals surface area contributed by atoms with Crippen LogP contribution in [-0.4, -0.2) is 31.8 Å². The van der Waals surface area contributed by atoms with Crippen LogP contribution in [0, 0.1) is 6.92 Å². The Kier molecular flexibility index (Phi) is 8.30. The maximum atomic E-state index is 13.0. The average Bonchev–Trinajstić information content (AvgIpc) is 2.80. The molecule has 1 heterocycles. The summed E-state index contributed by atoms with van der Waals surface area (Å²) in [7, 11) is -3.93. The van der Waals surface area contributed by atoms with Gasteiger partial charge in [0.15, 0.2) is 0 Å². The Balaban J connectivity index is 1.70. The molecule has 0 fully saturated rings. The van der Waals surface area contributed by atoms with Crippen molar-refractivity contribution in [2.45, 2.75) is 42.0 Å². The third-order valence-corrected chi connectivity index (χ3v) is 6.98. The lowest BCUT2D eigenvalue weighted by Gasteiger charge is -2.13. The summed E-state index contributed by atoms with van der Waals surface area (Å²) in [4.78, 5) is 28.6. The predicted octanol–water partition coefficient (Wildman–Crippen LogP) is 4.44. The molecule has 178 valence electrons. The zero-order chi connectivity index (χ0) is 24.7. The second-order valence-corrected chi connectivity index (χ2v) is 10.3. The first-order valence-corrected chi connectivity index (χ1v) is 12.9. The van der Waals surface area contributed by atoms with Gasteiger partial charge in [0, 0.05) is 30.2 Å². The van der Waals surface area contributed by atoms with E-state index in [0.717, 1.165) is 16.9 Å². The number of anilines is 2. The van der Waals surface area contributed by atoms with E-state index in [1.54, 1.807) is 55.5 Å². The first-order valence-electron chi connectivity index (χ1n) is 10.6. The number of carbonyl (C=O) groups excluding carboxylic acids is 2. The van der Waals surface area contributed by atoms with E-state index in [9.17, 15) is 18.0 Å². The second-order valence-electron chi connectivity index (χ2n) is 7.55. The fourth-order valence-corrected chi connectivity index (χ4v) is 5.04. The molecule has 10 heteroatoms. The number of nitrogens with zero attached hydrogens (tertiary/aromatic N) is 1. The van der Waals surface area contributed by atoms with E-state index in [1.807, 2.05) is 6.92 Å². The molecule has 2 amide bonds. The number of carbonyl (C=O) groups is 2. The van der Waals surface area contributed by atoms with Crippen molar-refractivity contribution in [2.24, 2.45) is 0 Å². The number of nitrogens with one attached hydrogen (secondary N) is 3. The lowest BCUT2D eigenvalue weighted by Crippen LogP contribution is -2.23. The molecule has 0 aliphatic rings. The molecule has 0 aliphatic carbocycles. The highest BCUT2D eigenvalue weighted by Gasteiger charge is 2.20. The highest BCUT2D eigenvalue weighted by molar-refractivity contribution is 7.99. The number of aromatic nitrogens is 1. The molecule has 8 nitrogen and oxygen atoms in total. The molecular weight excluding hydrogens is 472 g/mol. The Labute approximate surface area is 203 Å². The Morgan fingerprint density at radius 3 is 2.38 bits per heavy atom. The van der Waals surface area contributed by atoms with Crippen molar-refractivity contribution < 1.29 is 18.0 Å². The fourth-order valence-electron chi connectivity index (χ4n) is 2.98. The van der Waals surface area contributed by atoms with Crippen LogP contribution in [0.4, 0.5) is 11.4 Å². The molecular formula is C24H26N4O4S2. The molecule has 1 aromatic heterocycles. The van der Waals surface area contributed by atoms with Crippen molar-refractivity contribution in [1.82, 2.24) is 10.3 Å². The molecule has 34 heavy (non-hydrogen) atoms. The van der Waals surface area contributed by atoms with Gasteiger partial charge in [0.1, 0.15) is 9.92 Å². The van der Waals surface area contributed by atoms with Crippen molar-refractivity contribution in [3.8, 4) is 0 Å². The molecule has 0 unspecified atom stereocenters. The molecule has 0 saturated carbocycles. The standard InChI is InChI=1S/C24H26N4O4S2/c1-4-13-25-24(30)18-6-12-23(26-15-18)33-20-9-7-19(8-10-20)28-34(31,32)22-14-16(2)5-11-21(22)27-17(3)29/h5-12,14-15,28H,4,13H2,1-3H3,(H,25,30)(H,27,29).